The van der Waals surface area contributed by atoms with Crippen LogP contribution in [-0.2, 0) is 11.8 Å². The Morgan fingerprint density at radius 2 is 1.62 bits per heavy atom. The number of benzene rings is 1. The molecule has 12 nitrogen and oxygen atoms in total. The van der Waals surface area contributed by atoms with Crippen LogP contribution in [0.2, 0.25) is 0 Å². The smallest absolute Gasteiger partial charge is 0.158 e. The molecule has 42 heavy (non-hydrogen) atoms. The topological polar surface area (TPSA) is 133 Å². The number of anilines is 4. The molecule has 0 saturated carbocycles. The minimum Gasteiger partial charge on any atom is -0.381 e. The molecule has 12 heteroatoms. The molecule has 3 aliphatic heterocycles. The number of hydrogen-bond acceptors (Lipinski definition) is 11. The van der Waals surface area contributed by atoms with E-state index in [-0.39, 0.29) is 11.7 Å². The molecular formula is C30H44N10O2. The molecule has 1 unspecified atom stereocenters. The molecule has 0 bridgehead atoms. The van der Waals surface area contributed by atoms with Crippen LogP contribution in [0, 0.1) is 0 Å². The van der Waals surface area contributed by atoms with Crippen molar-refractivity contribution in [1.29, 1.82) is 0 Å². The van der Waals surface area contributed by atoms with E-state index >= 15 is 0 Å². The summed E-state index contributed by atoms with van der Waals surface area (Å²) in [5.41, 5.74) is 9.73. The van der Waals surface area contributed by atoms with Gasteiger partial charge in [0.25, 0.3) is 0 Å². The summed E-state index contributed by atoms with van der Waals surface area (Å²) >= 11 is 0. The lowest BCUT2D eigenvalue weighted by molar-refractivity contribution is 0.0904. The number of aryl methyl sites for hydroxylation is 1. The third kappa shape index (κ3) is 6.52. The standard InChI is InChI=1S/C30H44N10O2/c1-37-15-17-40(18-16-37)24-8-13-39(14-9-24)23-5-3-21(4-6-23)33-30-27(28(31)41)35-26(25-7-12-32-38(25)2)29(36-30)34-22-10-19-42-20-11-22/h3-7,12,22,24,28,41H,8-11,13-20,31H2,1-2H3,(H2,33,34,36). The van der Waals surface area contributed by atoms with E-state index in [2.05, 4.69) is 61.7 Å². The molecule has 3 aromatic rings. The van der Waals surface area contributed by atoms with E-state index in [1.54, 1.807) is 10.9 Å². The Kier molecular flexibility index (Phi) is 8.86. The summed E-state index contributed by atoms with van der Waals surface area (Å²) in [6.07, 6.45) is 4.57. The van der Waals surface area contributed by atoms with E-state index in [9.17, 15) is 5.11 Å². The highest BCUT2D eigenvalue weighted by molar-refractivity contribution is 5.73. The van der Waals surface area contributed by atoms with Crippen molar-refractivity contribution in [3.63, 3.8) is 0 Å². The van der Waals surface area contributed by atoms with E-state index in [0.29, 0.717) is 36.6 Å². The van der Waals surface area contributed by atoms with Crippen LogP contribution in [0.3, 0.4) is 0 Å². The summed E-state index contributed by atoms with van der Waals surface area (Å²) in [6.45, 7) is 8.24. The van der Waals surface area contributed by atoms with Crippen molar-refractivity contribution < 1.29 is 9.84 Å². The second-order valence-electron chi connectivity index (χ2n) is 11.7. The van der Waals surface area contributed by atoms with E-state index in [0.717, 1.165) is 37.3 Å². The quantitative estimate of drug-likeness (QED) is 0.295. The van der Waals surface area contributed by atoms with Crippen LogP contribution < -0.4 is 21.3 Å². The van der Waals surface area contributed by atoms with Crippen LogP contribution in [0.1, 0.15) is 37.6 Å². The Balaban J connectivity index is 1.18. The van der Waals surface area contributed by atoms with E-state index in [4.69, 9.17) is 20.4 Å². The van der Waals surface area contributed by atoms with Gasteiger partial charge in [0, 0.05) is 89.2 Å². The van der Waals surface area contributed by atoms with Gasteiger partial charge in [0.05, 0.1) is 5.69 Å². The highest BCUT2D eigenvalue weighted by Crippen LogP contribution is 2.32. The van der Waals surface area contributed by atoms with Gasteiger partial charge in [-0.2, -0.15) is 5.10 Å². The summed E-state index contributed by atoms with van der Waals surface area (Å²) < 4.78 is 7.28. The number of rotatable bonds is 8. The van der Waals surface area contributed by atoms with Crippen LogP contribution in [0.15, 0.2) is 36.5 Å². The summed E-state index contributed by atoms with van der Waals surface area (Å²) in [5.74, 6) is 1.04. The number of nitrogens with one attached hydrogen (secondary N) is 2. The zero-order valence-corrected chi connectivity index (χ0v) is 24.7. The van der Waals surface area contributed by atoms with Crippen molar-refractivity contribution in [3.8, 4) is 11.4 Å². The van der Waals surface area contributed by atoms with Crippen LogP contribution in [-0.4, -0.2) is 106 Å². The lowest BCUT2D eigenvalue weighted by Gasteiger charge is -2.42. The molecule has 5 heterocycles. The number of hydrogen-bond donors (Lipinski definition) is 4. The summed E-state index contributed by atoms with van der Waals surface area (Å²) in [4.78, 5) is 17.3. The van der Waals surface area contributed by atoms with Crippen molar-refractivity contribution in [2.45, 2.75) is 44.0 Å². The Morgan fingerprint density at radius 1 is 0.905 bits per heavy atom. The van der Waals surface area contributed by atoms with E-state index in [1.807, 2.05) is 13.1 Å². The van der Waals surface area contributed by atoms with Crippen LogP contribution >= 0.6 is 0 Å². The minimum atomic E-state index is -1.30. The third-order valence-corrected chi connectivity index (χ3v) is 8.84. The first-order valence-corrected chi connectivity index (χ1v) is 15.2. The monoisotopic (exact) mass is 576 g/mol. The fraction of sp³-hybridized carbons (Fsp3) is 0.567. The van der Waals surface area contributed by atoms with Gasteiger partial charge in [-0.3, -0.25) is 9.58 Å². The Hall–Kier alpha value is -3.29. The highest BCUT2D eigenvalue weighted by Gasteiger charge is 2.27. The second-order valence-corrected chi connectivity index (χ2v) is 11.7. The molecule has 0 aliphatic carbocycles. The Labute approximate surface area is 247 Å². The molecular weight excluding hydrogens is 532 g/mol. The molecule has 6 rings (SSSR count). The highest BCUT2D eigenvalue weighted by atomic mass is 16.5. The molecule has 5 N–H and O–H groups in total. The van der Waals surface area contributed by atoms with Gasteiger partial charge in [0.2, 0.25) is 0 Å². The number of piperidine rings is 1. The maximum absolute atomic E-state index is 10.5. The van der Waals surface area contributed by atoms with Crippen LogP contribution in [0.4, 0.5) is 23.0 Å². The minimum absolute atomic E-state index is 0.209. The molecule has 3 saturated heterocycles. The van der Waals surface area contributed by atoms with Crippen molar-refractivity contribution >= 4 is 23.0 Å². The molecule has 0 spiro atoms. The summed E-state index contributed by atoms with van der Waals surface area (Å²) in [5, 5.41) is 21.7. The lowest BCUT2D eigenvalue weighted by atomic mass is 10.0. The van der Waals surface area contributed by atoms with Gasteiger partial charge in [0.1, 0.15) is 17.6 Å². The molecule has 0 radical (unpaired) electrons. The van der Waals surface area contributed by atoms with E-state index < -0.39 is 6.23 Å². The predicted octanol–water partition coefficient (Wildman–Crippen LogP) is 2.38. The number of piperazine rings is 1. The molecule has 1 atom stereocenters. The molecule has 1 aromatic carbocycles. The largest absolute Gasteiger partial charge is 0.381 e. The van der Waals surface area contributed by atoms with Gasteiger partial charge in [-0.1, -0.05) is 0 Å². The molecule has 2 aromatic heterocycles. The molecule has 226 valence electrons. The lowest BCUT2D eigenvalue weighted by Crippen LogP contribution is -2.52. The Bertz CT molecular complexity index is 1310. The van der Waals surface area contributed by atoms with E-state index in [1.165, 1.54) is 44.7 Å². The van der Waals surface area contributed by atoms with Gasteiger partial charge in [-0.25, -0.2) is 9.97 Å². The van der Waals surface area contributed by atoms with Gasteiger partial charge in [0.15, 0.2) is 11.6 Å². The molecule has 0 amide bonds. The SMILES string of the molecule is CN1CCN(C2CCN(c3ccc(Nc4nc(NC5CCOCC5)c(-c5ccnn5C)nc4C(N)O)cc3)CC2)CC1. The molecule has 3 aliphatic rings. The number of aliphatic hydroxyl groups excluding tert-OH is 1. The fourth-order valence-corrected chi connectivity index (χ4v) is 6.24. The maximum Gasteiger partial charge on any atom is 0.158 e. The van der Waals surface area contributed by atoms with Gasteiger partial charge in [-0.05, 0) is 63.1 Å². The number of ether oxygens (including phenoxy) is 1. The summed E-state index contributed by atoms with van der Waals surface area (Å²) in [6, 6.07) is 11.2. The summed E-state index contributed by atoms with van der Waals surface area (Å²) in [7, 11) is 4.07. The Morgan fingerprint density at radius 3 is 2.26 bits per heavy atom. The molecule has 3 fully saturated rings. The number of nitrogens with zero attached hydrogens (tertiary/aromatic N) is 7. The predicted molar refractivity (Wildman–Crippen MR) is 165 cm³/mol. The number of aromatic nitrogens is 4. The van der Waals surface area contributed by atoms with Crippen molar-refractivity contribution in [2.24, 2.45) is 12.8 Å². The number of nitrogens with two attached hydrogens (primary N) is 1. The average molecular weight is 577 g/mol. The normalized spacial score (nSPS) is 20.5. The maximum atomic E-state index is 10.5. The van der Waals surface area contributed by atoms with Crippen molar-refractivity contribution in [1.82, 2.24) is 29.5 Å². The van der Waals surface area contributed by atoms with Crippen LogP contribution in [0.25, 0.3) is 11.4 Å². The van der Waals surface area contributed by atoms with Crippen molar-refractivity contribution in [2.75, 3.05) is 75.1 Å². The van der Waals surface area contributed by atoms with Gasteiger partial charge in [-0.15, -0.1) is 0 Å². The second kappa shape index (κ2) is 12.9. The first kappa shape index (κ1) is 28.8. The van der Waals surface area contributed by atoms with Crippen LogP contribution in [0.5, 0.6) is 0 Å². The zero-order valence-electron chi connectivity index (χ0n) is 24.7. The van der Waals surface area contributed by atoms with Gasteiger partial charge >= 0.3 is 0 Å². The first-order valence-electron chi connectivity index (χ1n) is 15.2. The number of likely N-dealkylation sites (N-methyl/N-ethyl adjacent to an activating group) is 1. The first-order chi connectivity index (χ1) is 20.4. The average Bonchev–Trinajstić information content (AvgIpc) is 3.44. The van der Waals surface area contributed by atoms with Crippen molar-refractivity contribution in [3.05, 3.63) is 42.2 Å². The zero-order chi connectivity index (χ0) is 29.1. The third-order valence-electron chi connectivity index (χ3n) is 8.84. The number of aliphatic hydroxyl groups is 1. The van der Waals surface area contributed by atoms with Gasteiger partial charge < -0.3 is 36.0 Å². The fourth-order valence-electron chi connectivity index (χ4n) is 6.24.